The van der Waals surface area contributed by atoms with E-state index in [1.54, 1.807) is 0 Å². The topological polar surface area (TPSA) is 18.5 Å². The Morgan fingerprint density at radius 2 is 1.81 bits per heavy atom. The van der Waals surface area contributed by atoms with Crippen LogP contribution in [-0.2, 0) is 0 Å². The lowest BCUT2D eigenvalue weighted by molar-refractivity contribution is 0.188. The first-order chi connectivity index (χ1) is 10.2. The van der Waals surface area contributed by atoms with Crippen molar-refractivity contribution < 1.29 is 0 Å². The van der Waals surface area contributed by atoms with E-state index in [2.05, 4.69) is 34.2 Å². The number of nitrogens with one attached hydrogen (secondary N) is 1. The summed E-state index contributed by atoms with van der Waals surface area (Å²) in [7, 11) is 0. The van der Waals surface area contributed by atoms with Crippen molar-refractivity contribution in [3.05, 3.63) is 29.3 Å². The van der Waals surface area contributed by atoms with E-state index in [0.717, 1.165) is 37.2 Å². The van der Waals surface area contributed by atoms with Crippen LogP contribution in [0.4, 0.5) is 5.69 Å². The Balaban J connectivity index is 1.42. The van der Waals surface area contributed by atoms with Crippen molar-refractivity contribution in [3.8, 4) is 0 Å². The summed E-state index contributed by atoms with van der Waals surface area (Å²) >= 11 is 5.96. The monoisotopic (exact) mass is 307 g/mol. The summed E-state index contributed by atoms with van der Waals surface area (Å²) in [6.45, 7) is 8.08. The van der Waals surface area contributed by atoms with Crippen molar-refractivity contribution in [1.29, 1.82) is 0 Å². The number of hydrogen-bond acceptors (Lipinski definition) is 3. The molecular weight excluding hydrogens is 282 g/mol. The first-order valence-electron chi connectivity index (χ1n) is 8.20. The Morgan fingerprint density at radius 3 is 2.43 bits per heavy atom. The van der Waals surface area contributed by atoms with Gasteiger partial charge in [0.05, 0.1) is 0 Å². The maximum absolute atomic E-state index is 5.96. The molecule has 3 nitrogen and oxygen atoms in total. The molecular formula is C17H26ClN3. The normalized spacial score (nSPS) is 21.5. The summed E-state index contributed by atoms with van der Waals surface area (Å²) in [6.07, 6.45) is 4.03. The van der Waals surface area contributed by atoms with Crippen molar-refractivity contribution in [2.75, 3.05) is 37.6 Å². The Labute approximate surface area is 133 Å². The molecule has 2 fully saturated rings. The van der Waals surface area contributed by atoms with Crippen molar-refractivity contribution in [1.82, 2.24) is 10.2 Å². The minimum absolute atomic E-state index is 0.684. The lowest BCUT2D eigenvalue weighted by Crippen LogP contribution is -2.50. The van der Waals surface area contributed by atoms with E-state index >= 15 is 0 Å². The molecule has 1 saturated carbocycles. The van der Waals surface area contributed by atoms with Gasteiger partial charge in [0.1, 0.15) is 0 Å². The predicted octanol–water partition coefficient (Wildman–Crippen LogP) is 2.99. The summed E-state index contributed by atoms with van der Waals surface area (Å²) in [4.78, 5) is 5.09. The average Bonchev–Trinajstić information content (AvgIpc) is 3.32. The van der Waals surface area contributed by atoms with Crippen molar-refractivity contribution in [3.63, 3.8) is 0 Å². The van der Waals surface area contributed by atoms with Crippen LogP contribution in [0.2, 0.25) is 5.02 Å². The molecule has 1 atom stereocenters. The third kappa shape index (κ3) is 4.35. The third-order valence-electron chi connectivity index (χ3n) is 4.70. The third-order valence-corrected chi connectivity index (χ3v) is 4.95. The van der Waals surface area contributed by atoms with Crippen LogP contribution in [0.1, 0.15) is 26.2 Å². The molecule has 0 radical (unpaired) electrons. The molecule has 3 rings (SSSR count). The van der Waals surface area contributed by atoms with Crippen LogP contribution in [-0.4, -0.2) is 49.7 Å². The molecule has 4 heteroatoms. The van der Waals surface area contributed by atoms with Gasteiger partial charge in [0.2, 0.25) is 0 Å². The smallest absolute Gasteiger partial charge is 0.0407 e. The van der Waals surface area contributed by atoms with Crippen LogP contribution in [0.15, 0.2) is 24.3 Å². The average molecular weight is 308 g/mol. The highest BCUT2D eigenvalue weighted by molar-refractivity contribution is 6.30. The highest BCUT2D eigenvalue weighted by Crippen LogP contribution is 2.21. The van der Waals surface area contributed by atoms with Crippen molar-refractivity contribution in [2.24, 2.45) is 0 Å². The summed E-state index contributed by atoms with van der Waals surface area (Å²) in [5.74, 6) is 0. The molecule has 2 aliphatic rings. The van der Waals surface area contributed by atoms with Gasteiger partial charge >= 0.3 is 0 Å². The lowest BCUT2D eigenvalue weighted by Gasteiger charge is -2.39. The van der Waals surface area contributed by atoms with E-state index in [1.807, 2.05) is 12.1 Å². The molecule has 0 aromatic heterocycles. The number of halogens is 1. The quantitative estimate of drug-likeness (QED) is 0.871. The Kier molecular flexibility index (Phi) is 5.04. The van der Waals surface area contributed by atoms with E-state index < -0.39 is 0 Å². The minimum atomic E-state index is 0.684. The van der Waals surface area contributed by atoms with Crippen LogP contribution >= 0.6 is 11.6 Å². The second kappa shape index (κ2) is 6.99. The highest BCUT2D eigenvalue weighted by atomic mass is 35.5. The van der Waals surface area contributed by atoms with Gasteiger partial charge in [-0.1, -0.05) is 11.6 Å². The Bertz CT molecular complexity index is 436. The number of anilines is 1. The van der Waals surface area contributed by atoms with E-state index in [-0.39, 0.29) is 0 Å². The fourth-order valence-corrected chi connectivity index (χ4v) is 3.17. The van der Waals surface area contributed by atoms with Gasteiger partial charge in [-0.05, 0) is 57.0 Å². The molecule has 0 amide bonds. The summed E-state index contributed by atoms with van der Waals surface area (Å²) in [5.41, 5.74) is 1.29. The van der Waals surface area contributed by atoms with E-state index in [1.165, 1.54) is 31.5 Å². The lowest BCUT2D eigenvalue weighted by atomic mass is 10.1. The Morgan fingerprint density at radius 1 is 1.14 bits per heavy atom. The molecule has 21 heavy (non-hydrogen) atoms. The molecule has 1 heterocycles. The van der Waals surface area contributed by atoms with E-state index in [9.17, 15) is 0 Å². The maximum Gasteiger partial charge on any atom is 0.0407 e. The second-order valence-corrected chi connectivity index (χ2v) is 6.80. The zero-order valence-electron chi connectivity index (χ0n) is 12.9. The minimum Gasteiger partial charge on any atom is -0.369 e. The van der Waals surface area contributed by atoms with E-state index in [4.69, 9.17) is 11.6 Å². The maximum atomic E-state index is 5.96. The number of nitrogens with zero attached hydrogens (tertiary/aromatic N) is 2. The van der Waals surface area contributed by atoms with Crippen LogP contribution in [0.5, 0.6) is 0 Å². The molecule has 1 aromatic carbocycles. The predicted molar refractivity (Wildman–Crippen MR) is 90.3 cm³/mol. The van der Waals surface area contributed by atoms with Crippen molar-refractivity contribution in [2.45, 2.75) is 38.3 Å². The zero-order valence-corrected chi connectivity index (χ0v) is 13.6. The number of hydrogen-bond donors (Lipinski definition) is 1. The summed E-state index contributed by atoms with van der Waals surface area (Å²) < 4.78 is 0. The Hall–Kier alpha value is -0.770. The first-order valence-corrected chi connectivity index (χ1v) is 8.58. The molecule has 1 aliphatic heterocycles. The molecule has 1 aromatic rings. The molecule has 1 N–H and O–H groups in total. The molecule has 116 valence electrons. The van der Waals surface area contributed by atoms with Gasteiger partial charge in [0.25, 0.3) is 0 Å². The number of piperazine rings is 1. The van der Waals surface area contributed by atoms with Crippen LogP contribution < -0.4 is 10.2 Å². The van der Waals surface area contributed by atoms with Gasteiger partial charge in [-0.25, -0.2) is 0 Å². The van der Waals surface area contributed by atoms with Gasteiger partial charge in [-0.15, -0.1) is 0 Å². The SMILES string of the molecule is CC(CCNC1CC1)N1CCN(c2ccc(Cl)cc2)CC1. The molecule has 0 bridgehead atoms. The van der Waals surface area contributed by atoms with Crippen molar-refractivity contribution >= 4 is 17.3 Å². The largest absolute Gasteiger partial charge is 0.369 e. The van der Waals surface area contributed by atoms with Gasteiger partial charge in [-0.3, -0.25) is 4.90 Å². The van der Waals surface area contributed by atoms with Gasteiger partial charge in [-0.2, -0.15) is 0 Å². The number of benzene rings is 1. The fourth-order valence-electron chi connectivity index (χ4n) is 3.04. The van der Waals surface area contributed by atoms with Gasteiger partial charge in [0.15, 0.2) is 0 Å². The number of rotatable bonds is 6. The van der Waals surface area contributed by atoms with E-state index in [0.29, 0.717) is 6.04 Å². The van der Waals surface area contributed by atoms with Crippen LogP contribution in [0.3, 0.4) is 0 Å². The second-order valence-electron chi connectivity index (χ2n) is 6.37. The van der Waals surface area contributed by atoms with Crippen LogP contribution in [0, 0.1) is 0 Å². The van der Waals surface area contributed by atoms with Gasteiger partial charge in [0, 0.05) is 49.0 Å². The fraction of sp³-hybridized carbons (Fsp3) is 0.647. The summed E-state index contributed by atoms with van der Waals surface area (Å²) in [6, 6.07) is 9.73. The molecule has 0 spiro atoms. The standard InChI is InChI=1S/C17H26ClN3/c1-14(8-9-19-16-4-5-16)20-10-12-21(13-11-20)17-6-2-15(18)3-7-17/h2-3,6-7,14,16,19H,4-5,8-13H2,1H3. The first kappa shape index (κ1) is 15.1. The van der Waals surface area contributed by atoms with Crippen LogP contribution in [0.25, 0.3) is 0 Å². The summed E-state index contributed by atoms with van der Waals surface area (Å²) in [5, 5.41) is 4.43. The molecule has 1 unspecified atom stereocenters. The molecule has 1 aliphatic carbocycles. The zero-order chi connectivity index (χ0) is 14.7. The highest BCUT2D eigenvalue weighted by Gasteiger charge is 2.23. The molecule has 1 saturated heterocycles. The van der Waals surface area contributed by atoms with Gasteiger partial charge < -0.3 is 10.2 Å².